The zero-order valence-electron chi connectivity index (χ0n) is 16.3. The number of unbranched alkanes of at least 4 members (excludes halogenated alkanes) is 11. The van der Waals surface area contributed by atoms with Crippen molar-refractivity contribution in [3.63, 3.8) is 0 Å². The van der Waals surface area contributed by atoms with E-state index in [1.54, 1.807) is 0 Å². The third kappa shape index (κ3) is 19.3. The molecule has 0 aromatic carbocycles. The highest BCUT2D eigenvalue weighted by Gasteiger charge is 2.07. The number of hydrogen-bond donors (Lipinski definition) is 2. The molecule has 0 unspecified atom stereocenters. The average Bonchev–Trinajstić information content (AvgIpc) is 2.62. The van der Waals surface area contributed by atoms with Gasteiger partial charge in [-0.15, -0.1) is 0 Å². The van der Waals surface area contributed by atoms with Crippen LogP contribution in [-0.2, 0) is 9.53 Å². The first-order valence-electron chi connectivity index (χ1n) is 10.3. The van der Waals surface area contributed by atoms with Crippen molar-refractivity contribution in [2.24, 2.45) is 0 Å². The van der Waals surface area contributed by atoms with Gasteiger partial charge in [-0.1, -0.05) is 70.4 Å². The van der Waals surface area contributed by atoms with Crippen molar-refractivity contribution >= 4 is 5.97 Å². The quantitative estimate of drug-likeness (QED) is 0.208. The summed E-state index contributed by atoms with van der Waals surface area (Å²) in [6, 6.07) is 0. The highest BCUT2D eigenvalue weighted by Crippen LogP contribution is 2.10. The summed E-state index contributed by atoms with van der Waals surface area (Å²) in [5, 5.41) is 17.7. The molecule has 0 fully saturated rings. The van der Waals surface area contributed by atoms with E-state index in [2.05, 4.69) is 19.1 Å². The van der Waals surface area contributed by atoms with E-state index in [4.69, 9.17) is 14.9 Å². The number of esters is 1. The Hall–Kier alpha value is -0.870. The van der Waals surface area contributed by atoms with Crippen LogP contribution in [0.15, 0.2) is 12.2 Å². The van der Waals surface area contributed by atoms with Crippen LogP contribution >= 0.6 is 0 Å². The van der Waals surface area contributed by atoms with Crippen LogP contribution < -0.4 is 0 Å². The number of aliphatic hydroxyl groups is 2. The lowest BCUT2D eigenvalue weighted by Crippen LogP contribution is -2.21. The maximum atomic E-state index is 11.4. The molecule has 1 atom stereocenters. The van der Waals surface area contributed by atoms with Crippen molar-refractivity contribution in [3.05, 3.63) is 12.2 Å². The Kier molecular flexibility index (Phi) is 18.8. The number of ether oxygens (including phenoxy) is 1. The van der Waals surface area contributed by atoms with Crippen molar-refractivity contribution in [2.45, 2.75) is 103 Å². The molecular weight excluding hydrogens is 316 g/mol. The van der Waals surface area contributed by atoms with Gasteiger partial charge in [0.2, 0.25) is 0 Å². The summed E-state index contributed by atoms with van der Waals surface area (Å²) in [5.41, 5.74) is 0. The Labute approximate surface area is 154 Å². The second-order valence-electron chi connectivity index (χ2n) is 6.85. The van der Waals surface area contributed by atoms with Gasteiger partial charge in [-0.3, -0.25) is 4.79 Å². The molecule has 0 rings (SSSR count). The van der Waals surface area contributed by atoms with E-state index >= 15 is 0 Å². The lowest BCUT2D eigenvalue weighted by atomic mass is 10.1. The maximum absolute atomic E-state index is 11.4. The summed E-state index contributed by atoms with van der Waals surface area (Å²) in [6.07, 6.45) is 20.1. The first kappa shape index (κ1) is 24.1. The molecule has 0 saturated carbocycles. The van der Waals surface area contributed by atoms with Crippen LogP contribution in [0.5, 0.6) is 0 Å². The van der Waals surface area contributed by atoms with E-state index in [-0.39, 0.29) is 19.2 Å². The molecular formula is C21H40O4. The van der Waals surface area contributed by atoms with Crippen LogP contribution in [0.3, 0.4) is 0 Å². The van der Waals surface area contributed by atoms with Crippen molar-refractivity contribution < 1.29 is 19.7 Å². The van der Waals surface area contributed by atoms with Crippen LogP contribution in [0.25, 0.3) is 0 Å². The minimum absolute atomic E-state index is 0.111. The molecule has 0 radical (unpaired) electrons. The predicted octanol–water partition coefficient (Wildman–Crippen LogP) is 4.92. The molecule has 0 bridgehead atoms. The van der Waals surface area contributed by atoms with Crippen molar-refractivity contribution in [1.29, 1.82) is 0 Å². The summed E-state index contributed by atoms with van der Waals surface area (Å²) in [7, 11) is 0. The lowest BCUT2D eigenvalue weighted by molar-refractivity contribution is -0.147. The Morgan fingerprint density at radius 1 is 0.880 bits per heavy atom. The fourth-order valence-corrected chi connectivity index (χ4v) is 2.65. The normalized spacial score (nSPS) is 12.6. The van der Waals surface area contributed by atoms with E-state index in [9.17, 15) is 4.79 Å². The molecule has 0 amide bonds. The topological polar surface area (TPSA) is 66.8 Å². The monoisotopic (exact) mass is 356 g/mol. The fourth-order valence-electron chi connectivity index (χ4n) is 2.65. The predicted molar refractivity (Wildman–Crippen MR) is 104 cm³/mol. The standard InChI is InChI=1S/C21H40O4/c1-2-3-4-5-6-7-8-9-10-11-12-13-14-15-16-17-21(24)25-19-20(23)18-22/h9-10,20,22-23H,2-8,11-19H2,1H3/b10-9+/t20-/m1/s1. The molecule has 0 aliphatic heterocycles. The molecule has 0 aromatic heterocycles. The van der Waals surface area contributed by atoms with Gasteiger partial charge in [0.25, 0.3) is 0 Å². The molecule has 0 heterocycles. The average molecular weight is 357 g/mol. The second kappa shape index (κ2) is 19.5. The van der Waals surface area contributed by atoms with Crippen LogP contribution in [-0.4, -0.2) is 35.5 Å². The second-order valence-corrected chi connectivity index (χ2v) is 6.85. The van der Waals surface area contributed by atoms with Gasteiger partial charge in [0.1, 0.15) is 12.7 Å². The minimum atomic E-state index is -0.960. The third-order valence-electron chi connectivity index (χ3n) is 4.29. The summed E-state index contributed by atoms with van der Waals surface area (Å²) < 4.78 is 4.86. The number of rotatable bonds is 18. The zero-order chi connectivity index (χ0) is 18.6. The van der Waals surface area contributed by atoms with Gasteiger partial charge >= 0.3 is 5.97 Å². The van der Waals surface area contributed by atoms with Crippen molar-refractivity contribution in [2.75, 3.05) is 13.2 Å². The van der Waals surface area contributed by atoms with Crippen molar-refractivity contribution in [3.8, 4) is 0 Å². The number of carbonyl (C=O) groups is 1. The van der Waals surface area contributed by atoms with Gasteiger partial charge in [0, 0.05) is 6.42 Å². The summed E-state index contributed by atoms with van der Waals surface area (Å²) in [4.78, 5) is 11.4. The Morgan fingerprint density at radius 3 is 1.96 bits per heavy atom. The maximum Gasteiger partial charge on any atom is 0.305 e. The molecule has 0 aliphatic rings. The van der Waals surface area contributed by atoms with E-state index in [0.29, 0.717) is 6.42 Å². The highest BCUT2D eigenvalue weighted by atomic mass is 16.5. The molecule has 4 nitrogen and oxygen atoms in total. The van der Waals surface area contributed by atoms with Crippen molar-refractivity contribution in [1.82, 2.24) is 0 Å². The van der Waals surface area contributed by atoms with E-state index in [0.717, 1.165) is 25.7 Å². The Balaban J connectivity index is 3.22. The van der Waals surface area contributed by atoms with Crippen LogP contribution in [0.1, 0.15) is 96.8 Å². The summed E-state index contributed by atoms with van der Waals surface area (Å²) >= 11 is 0. The zero-order valence-corrected chi connectivity index (χ0v) is 16.3. The first-order valence-corrected chi connectivity index (χ1v) is 10.3. The smallest absolute Gasteiger partial charge is 0.305 e. The van der Waals surface area contributed by atoms with E-state index in [1.807, 2.05) is 0 Å². The van der Waals surface area contributed by atoms with Crippen LogP contribution in [0, 0.1) is 0 Å². The van der Waals surface area contributed by atoms with Crippen LogP contribution in [0.4, 0.5) is 0 Å². The molecule has 0 saturated heterocycles. The number of aliphatic hydroxyl groups excluding tert-OH is 2. The molecule has 4 heteroatoms. The number of carbonyl (C=O) groups excluding carboxylic acids is 1. The van der Waals surface area contributed by atoms with E-state index in [1.165, 1.54) is 57.8 Å². The highest BCUT2D eigenvalue weighted by molar-refractivity contribution is 5.69. The van der Waals surface area contributed by atoms with Crippen LogP contribution in [0.2, 0.25) is 0 Å². The molecule has 148 valence electrons. The molecule has 2 N–H and O–H groups in total. The molecule has 0 spiro atoms. The summed E-state index contributed by atoms with van der Waals surface area (Å²) in [5.74, 6) is -0.287. The van der Waals surface area contributed by atoms with Gasteiger partial charge in [-0.25, -0.2) is 0 Å². The van der Waals surface area contributed by atoms with Gasteiger partial charge in [-0.2, -0.15) is 0 Å². The molecule has 25 heavy (non-hydrogen) atoms. The first-order chi connectivity index (χ1) is 12.2. The largest absolute Gasteiger partial charge is 0.463 e. The van der Waals surface area contributed by atoms with Gasteiger partial charge in [-0.05, 0) is 32.1 Å². The number of hydrogen-bond acceptors (Lipinski definition) is 4. The van der Waals surface area contributed by atoms with E-state index < -0.39 is 6.10 Å². The minimum Gasteiger partial charge on any atom is -0.463 e. The number of allylic oxidation sites excluding steroid dienone is 2. The molecule has 0 aromatic rings. The SMILES string of the molecule is CCCCCCCC/C=C/CCCCCCCC(=O)OC[C@H](O)CO. The Bertz CT molecular complexity index is 315. The fraction of sp³-hybridized carbons (Fsp3) is 0.857. The van der Waals surface area contributed by atoms with Gasteiger partial charge in [0.15, 0.2) is 0 Å². The van der Waals surface area contributed by atoms with Gasteiger partial charge < -0.3 is 14.9 Å². The molecule has 0 aliphatic carbocycles. The summed E-state index contributed by atoms with van der Waals surface area (Å²) in [6.45, 7) is 1.77. The lowest BCUT2D eigenvalue weighted by Gasteiger charge is -2.08. The third-order valence-corrected chi connectivity index (χ3v) is 4.29. The Morgan fingerprint density at radius 2 is 1.40 bits per heavy atom. The van der Waals surface area contributed by atoms with Gasteiger partial charge in [0.05, 0.1) is 6.61 Å².